The highest BCUT2D eigenvalue weighted by molar-refractivity contribution is 5.63. The van der Waals surface area contributed by atoms with Gasteiger partial charge in [-0.2, -0.15) is 0 Å². The fourth-order valence-corrected chi connectivity index (χ4v) is 2.27. The molecule has 3 N–H and O–H groups in total. The van der Waals surface area contributed by atoms with Gasteiger partial charge >= 0.3 is 0 Å². The molecule has 1 heterocycles. The fraction of sp³-hybridized carbons (Fsp3) is 0.571. The number of aryl methyl sites for hydroxylation is 2. The van der Waals surface area contributed by atoms with Gasteiger partial charge in [0.25, 0.3) is 0 Å². The number of nitrogens with one attached hydrogen (secondary N) is 1. The van der Waals surface area contributed by atoms with E-state index in [0.717, 1.165) is 31.2 Å². The van der Waals surface area contributed by atoms with E-state index in [9.17, 15) is 0 Å². The van der Waals surface area contributed by atoms with Gasteiger partial charge in [-0.15, -0.1) is 0 Å². The zero-order chi connectivity index (χ0) is 13.2. The van der Waals surface area contributed by atoms with Gasteiger partial charge in [0.15, 0.2) is 0 Å². The van der Waals surface area contributed by atoms with Crippen molar-refractivity contribution in [3.8, 4) is 5.75 Å². The molecule has 0 radical (unpaired) electrons. The standard InChI is InChI=1S/C14H22N2O2/c1-10-4-11(2)13(12(5-10)17-3)16-7-14(6-15)8-18-9-14/h4-5,16H,6-9,15H2,1-3H3. The van der Waals surface area contributed by atoms with E-state index in [0.29, 0.717) is 6.54 Å². The van der Waals surface area contributed by atoms with Gasteiger partial charge in [-0.3, -0.25) is 0 Å². The van der Waals surface area contributed by atoms with E-state index < -0.39 is 0 Å². The van der Waals surface area contributed by atoms with Crippen molar-refractivity contribution in [2.75, 3.05) is 38.7 Å². The quantitative estimate of drug-likeness (QED) is 0.835. The van der Waals surface area contributed by atoms with Crippen molar-refractivity contribution in [3.05, 3.63) is 23.3 Å². The molecule has 0 saturated carbocycles. The van der Waals surface area contributed by atoms with E-state index in [2.05, 4.69) is 25.2 Å². The van der Waals surface area contributed by atoms with Gasteiger partial charge in [-0.05, 0) is 31.0 Å². The molecule has 0 aromatic heterocycles. The number of anilines is 1. The van der Waals surface area contributed by atoms with Crippen LogP contribution in [0.25, 0.3) is 0 Å². The zero-order valence-corrected chi connectivity index (χ0v) is 11.4. The van der Waals surface area contributed by atoms with Crippen molar-refractivity contribution in [2.24, 2.45) is 11.1 Å². The third kappa shape index (κ3) is 2.44. The topological polar surface area (TPSA) is 56.5 Å². The smallest absolute Gasteiger partial charge is 0.142 e. The predicted molar refractivity (Wildman–Crippen MR) is 73.3 cm³/mol. The van der Waals surface area contributed by atoms with Crippen LogP contribution in [0.5, 0.6) is 5.75 Å². The highest BCUT2D eigenvalue weighted by Crippen LogP contribution is 2.32. The summed E-state index contributed by atoms with van der Waals surface area (Å²) in [6, 6.07) is 4.19. The van der Waals surface area contributed by atoms with Crippen LogP contribution < -0.4 is 15.8 Å². The molecule has 4 heteroatoms. The van der Waals surface area contributed by atoms with E-state index in [-0.39, 0.29) is 5.41 Å². The summed E-state index contributed by atoms with van der Waals surface area (Å²) in [4.78, 5) is 0. The Kier molecular flexibility index (Phi) is 3.78. The molecular weight excluding hydrogens is 228 g/mol. The second kappa shape index (κ2) is 5.16. The summed E-state index contributed by atoms with van der Waals surface area (Å²) in [6.07, 6.45) is 0. The molecule has 1 saturated heterocycles. The normalized spacial score (nSPS) is 17.1. The molecule has 1 aromatic carbocycles. The Morgan fingerprint density at radius 1 is 1.39 bits per heavy atom. The van der Waals surface area contributed by atoms with Crippen LogP contribution in [0.1, 0.15) is 11.1 Å². The van der Waals surface area contributed by atoms with Crippen LogP contribution in [0.2, 0.25) is 0 Å². The minimum absolute atomic E-state index is 0.0857. The van der Waals surface area contributed by atoms with E-state index in [1.165, 1.54) is 11.1 Å². The lowest BCUT2D eigenvalue weighted by Gasteiger charge is -2.41. The number of hydrogen-bond donors (Lipinski definition) is 2. The van der Waals surface area contributed by atoms with Crippen LogP contribution in [0.4, 0.5) is 5.69 Å². The molecule has 4 nitrogen and oxygen atoms in total. The molecule has 18 heavy (non-hydrogen) atoms. The van der Waals surface area contributed by atoms with Crippen molar-refractivity contribution >= 4 is 5.69 Å². The first-order chi connectivity index (χ1) is 8.60. The monoisotopic (exact) mass is 250 g/mol. The van der Waals surface area contributed by atoms with Crippen molar-refractivity contribution in [1.29, 1.82) is 0 Å². The molecule has 2 rings (SSSR count). The van der Waals surface area contributed by atoms with Crippen molar-refractivity contribution in [2.45, 2.75) is 13.8 Å². The number of hydrogen-bond acceptors (Lipinski definition) is 4. The molecule has 0 spiro atoms. The predicted octanol–water partition coefficient (Wildman–Crippen LogP) is 1.70. The molecule has 0 bridgehead atoms. The first-order valence-electron chi connectivity index (χ1n) is 6.27. The summed E-state index contributed by atoms with van der Waals surface area (Å²) in [5, 5.41) is 3.47. The second-order valence-corrected chi connectivity index (χ2v) is 5.21. The van der Waals surface area contributed by atoms with Gasteiger partial charge in [0.1, 0.15) is 5.75 Å². The summed E-state index contributed by atoms with van der Waals surface area (Å²) in [5.74, 6) is 0.889. The van der Waals surface area contributed by atoms with Gasteiger partial charge in [-0.1, -0.05) is 6.07 Å². The fourth-order valence-electron chi connectivity index (χ4n) is 2.27. The highest BCUT2D eigenvalue weighted by Gasteiger charge is 2.37. The molecule has 0 aliphatic carbocycles. The summed E-state index contributed by atoms with van der Waals surface area (Å²) >= 11 is 0. The molecular formula is C14H22N2O2. The molecule has 1 aliphatic rings. The Hall–Kier alpha value is -1.26. The van der Waals surface area contributed by atoms with Crippen LogP contribution in [-0.4, -0.2) is 33.4 Å². The van der Waals surface area contributed by atoms with Gasteiger partial charge in [0.2, 0.25) is 0 Å². The SMILES string of the molecule is COc1cc(C)cc(C)c1NCC1(CN)COC1. The van der Waals surface area contributed by atoms with Gasteiger partial charge in [0, 0.05) is 18.5 Å². The highest BCUT2D eigenvalue weighted by atomic mass is 16.5. The Morgan fingerprint density at radius 3 is 2.61 bits per heavy atom. The molecule has 1 aromatic rings. The third-order valence-electron chi connectivity index (χ3n) is 3.55. The number of methoxy groups -OCH3 is 1. The van der Waals surface area contributed by atoms with Crippen LogP contribution in [0.3, 0.4) is 0 Å². The summed E-state index contributed by atoms with van der Waals surface area (Å²) in [5.41, 5.74) is 9.36. The molecule has 0 amide bonds. The Morgan fingerprint density at radius 2 is 2.11 bits per heavy atom. The average molecular weight is 250 g/mol. The van der Waals surface area contributed by atoms with E-state index in [1.54, 1.807) is 7.11 Å². The number of ether oxygens (including phenoxy) is 2. The van der Waals surface area contributed by atoms with Crippen LogP contribution >= 0.6 is 0 Å². The summed E-state index contributed by atoms with van der Waals surface area (Å²) in [7, 11) is 1.70. The summed E-state index contributed by atoms with van der Waals surface area (Å²) < 4.78 is 10.7. The maximum absolute atomic E-state index is 5.81. The van der Waals surface area contributed by atoms with E-state index >= 15 is 0 Å². The number of nitrogens with two attached hydrogens (primary N) is 1. The van der Waals surface area contributed by atoms with Crippen molar-refractivity contribution in [1.82, 2.24) is 0 Å². The van der Waals surface area contributed by atoms with Gasteiger partial charge in [0.05, 0.1) is 26.0 Å². The molecule has 0 unspecified atom stereocenters. The molecule has 1 aliphatic heterocycles. The first kappa shape index (κ1) is 13.2. The average Bonchev–Trinajstić information content (AvgIpc) is 2.29. The molecule has 100 valence electrons. The number of benzene rings is 1. The van der Waals surface area contributed by atoms with Crippen LogP contribution in [0.15, 0.2) is 12.1 Å². The number of rotatable bonds is 5. The van der Waals surface area contributed by atoms with Crippen molar-refractivity contribution < 1.29 is 9.47 Å². The zero-order valence-electron chi connectivity index (χ0n) is 11.4. The van der Waals surface area contributed by atoms with Crippen LogP contribution in [-0.2, 0) is 4.74 Å². The Balaban J connectivity index is 2.13. The molecule has 0 atom stereocenters. The lowest BCUT2D eigenvalue weighted by Crippen LogP contribution is -2.52. The Bertz CT molecular complexity index is 423. The third-order valence-corrected chi connectivity index (χ3v) is 3.55. The van der Waals surface area contributed by atoms with Crippen molar-refractivity contribution in [3.63, 3.8) is 0 Å². The van der Waals surface area contributed by atoms with E-state index in [1.807, 2.05) is 6.07 Å². The first-order valence-corrected chi connectivity index (χ1v) is 6.27. The second-order valence-electron chi connectivity index (χ2n) is 5.21. The minimum atomic E-state index is 0.0857. The maximum atomic E-state index is 5.81. The largest absolute Gasteiger partial charge is 0.495 e. The minimum Gasteiger partial charge on any atom is -0.495 e. The van der Waals surface area contributed by atoms with Crippen LogP contribution in [0, 0.1) is 19.3 Å². The van der Waals surface area contributed by atoms with Gasteiger partial charge in [-0.25, -0.2) is 0 Å². The lowest BCUT2D eigenvalue weighted by atomic mass is 9.86. The maximum Gasteiger partial charge on any atom is 0.142 e. The molecule has 1 fully saturated rings. The Labute approximate surface area is 108 Å². The van der Waals surface area contributed by atoms with E-state index in [4.69, 9.17) is 15.2 Å². The lowest BCUT2D eigenvalue weighted by molar-refractivity contribution is -0.0979. The van der Waals surface area contributed by atoms with Gasteiger partial charge < -0.3 is 20.5 Å². The summed E-state index contributed by atoms with van der Waals surface area (Å²) in [6.45, 7) is 7.11.